The molecule has 2 nitrogen and oxygen atoms in total. The first-order chi connectivity index (χ1) is 7.43. The van der Waals surface area contributed by atoms with Crippen LogP contribution in [0.25, 0.3) is 5.65 Å². The molecule has 0 saturated carbocycles. The summed E-state index contributed by atoms with van der Waals surface area (Å²) in [5.41, 5.74) is 2.49. The molecule has 1 fully saturated rings. The quantitative estimate of drug-likeness (QED) is 0.730. The lowest BCUT2D eigenvalue weighted by atomic mass is 10.1. The smallest absolute Gasteiger partial charge is 0.136 e. The number of imidazole rings is 1. The lowest BCUT2D eigenvalue weighted by Gasteiger charge is -2.21. The molecule has 0 amide bonds. The fourth-order valence-electron chi connectivity index (χ4n) is 2.13. The van der Waals surface area contributed by atoms with Crippen LogP contribution in [0.3, 0.4) is 0 Å². The summed E-state index contributed by atoms with van der Waals surface area (Å²) in [4.78, 5) is 4.26. The number of hydrogen-bond acceptors (Lipinski definition) is 2. The summed E-state index contributed by atoms with van der Waals surface area (Å²) >= 11 is 2.09. The highest BCUT2D eigenvalue weighted by Gasteiger charge is 2.16. The molecule has 0 bridgehead atoms. The third kappa shape index (κ3) is 1.76. The van der Waals surface area contributed by atoms with Gasteiger partial charge in [0.15, 0.2) is 0 Å². The zero-order valence-electron chi connectivity index (χ0n) is 8.60. The molecule has 3 heterocycles. The summed E-state index contributed by atoms with van der Waals surface area (Å²) in [7, 11) is 0. The predicted octanol–water partition coefficient (Wildman–Crippen LogP) is 3.29. The zero-order chi connectivity index (χ0) is 10.1. The summed E-state index contributed by atoms with van der Waals surface area (Å²) in [6.45, 7) is 0. The van der Waals surface area contributed by atoms with E-state index in [0.717, 1.165) is 5.65 Å². The molecule has 0 radical (unpaired) electrons. The molecule has 0 spiro atoms. The van der Waals surface area contributed by atoms with E-state index in [1.54, 1.807) is 0 Å². The zero-order valence-corrected chi connectivity index (χ0v) is 9.41. The number of rotatable bonds is 1. The van der Waals surface area contributed by atoms with Crippen molar-refractivity contribution in [1.82, 2.24) is 9.38 Å². The molecule has 3 rings (SSSR count). The summed E-state index contributed by atoms with van der Waals surface area (Å²) < 4.78 is 2.12. The summed E-state index contributed by atoms with van der Waals surface area (Å²) in [6, 6.07) is 4.34. The first kappa shape index (κ1) is 9.28. The minimum absolute atomic E-state index is 0.700. The molecule has 3 heteroatoms. The topological polar surface area (TPSA) is 17.3 Å². The van der Waals surface area contributed by atoms with Crippen molar-refractivity contribution in [2.45, 2.75) is 24.5 Å². The van der Waals surface area contributed by atoms with Gasteiger partial charge in [-0.1, -0.05) is 12.5 Å². The van der Waals surface area contributed by atoms with E-state index < -0.39 is 0 Å². The molecule has 2 aromatic rings. The molecular formula is C12H14N2S. The van der Waals surface area contributed by atoms with E-state index >= 15 is 0 Å². The number of aromatic nitrogens is 2. The molecule has 1 atom stereocenters. The van der Waals surface area contributed by atoms with Crippen molar-refractivity contribution in [3.63, 3.8) is 0 Å². The van der Waals surface area contributed by atoms with Gasteiger partial charge < -0.3 is 4.40 Å². The van der Waals surface area contributed by atoms with E-state index in [4.69, 9.17) is 0 Å². The summed E-state index contributed by atoms with van der Waals surface area (Å²) in [5, 5.41) is 0.700. The molecule has 1 saturated heterocycles. The van der Waals surface area contributed by atoms with Crippen LogP contribution in [0.4, 0.5) is 0 Å². The Hall–Kier alpha value is -0.960. The highest BCUT2D eigenvalue weighted by molar-refractivity contribution is 7.99. The highest BCUT2D eigenvalue weighted by Crippen LogP contribution is 2.38. The van der Waals surface area contributed by atoms with Crippen LogP contribution in [0, 0.1) is 0 Å². The second kappa shape index (κ2) is 3.89. The lowest BCUT2D eigenvalue weighted by molar-refractivity contribution is 0.684. The van der Waals surface area contributed by atoms with Gasteiger partial charge in [-0.3, -0.25) is 0 Å². The Morgan fingerprint density at radius 2 is 2.33 bits per heavy atom. The molecule has 1 aliphatic rings. The van der Waals surface area contributed by atoms with Crippen LogP contribution in [0.1, 0.15) is 30.1 Å². The van der Waals surface area contributed by atoms with Crippen molar-refractivity contribution < 1.29 is 0 Å². The largest absolute Gasteiger partial charge is 0.307 e. The van der Waals surface area contributed by atoms with Crippen molar-refractivity contribution in [2.75, 3.05) is 5.75 Å². The van der Waals surface area contributed by atoms with Gasteiger partial charge in [-0.2, -0.15) is 11.8 Å². The Morgan fingerprint density at radius 1 is 1.33 bits per heavy atom. The van der Waals surface area contributed by atoms with E-state index in [1.807, 2.05) is 12.4 Å². The van der Waals surface area contributed by atoms with Gasteiger partial charge in [0.2, 0.25) is 0 Å². The Morgan fingerprint density at radius 3 is 3.20 bits per heavy atom. The van der Waals surface area contributed by atoms with Crippen LogP contribution < -0.4 is 0 Å². The minimum atomic E-state index is 0.700. The number of thioether (sulfide) groups is 1. The van der Waals surface area contributed by atoms with Crippen LogP contribution in [-0.2, 0) is 0 Å². The van der Waals surface area contributed by atoms with Gasteiger partial charge in [-0.25, -0.2) is 4.98 Å². The van der Waals surface area contributed by atoms with E-state index in [2.05, 4.69) is 39.5 Å². The molecule has 1 aliphatic heterocycles. The molecule has 0 N–H and O–H groups in total. The first-order valence-electron chi connectivity index (χ1n) is 5.48. The lowest BCUT2D eigenvalue weighted by Crippen LogP contribution is -2.03. The van der Waals surface area contributed by atoms with Crippen LogP contribution in [-0.4, -0.2) is 15.1 Å². The minimum Gasteiger partial charge on any atom is -0.307 e. The van der Waals surface area contributed by atoms with Crippen LogP contribution in [0.2, 0.25) is 0 Å². The van der Waals surface area contributed by atoms with Crippen molar-refractivity contribution in [3.05, 3.63) is 36.3 Å². The molecule has 78 valence electrons. The maximum Gasteiger partial charge on any atom is 0.136 e. The Balaban J connectivity index is 1.95. The average molecular weight is 218 g/mol. The summed E-state index contributed by atoms with van der Waals surface area (Å²) in [6.07, 6.45) is 10.2. The van der Waals surface area contributed by atoms with E-state index in [-0.39, 0.29) is 0 Å². The summed E-state index contributed by atoms with van der Waals surface area (Å²) in [5.74, 6) is 1.31. The van der Waals surface area contributed by atoms with Gasteiger partial charge in [0.05, 0.1) is 0 Å². The molecule has 2 aromatic heterocycles. The SMILES string of the molecule is c1cn2cc(C3CCCCS3)ccc2n1. The number of nitrogens with zero attached hydrogens (tertiary/aromatic N) is 2. The first-order valence-corrected chi connectivity index (χ1v) is 6.52. The van der Waals surface area contributed by atoms with Gasteiger partial charge in [0.1, 0.15) is 5.65 Å². The predicted molar refractivity (Wildman–Crippen MR) is 64.2 cm³/mol. The van der Waals surface area contributed by atoms with Crippen LogP contribution >= 0.6 is 11.8 Å². The number of fused-ring (bicyclic) bond motifs is 1. The molecule has 0 aliphatic carbocycles. The van der Waals surface area contributed by atoms with Gasteiger partial charge in [0, 0.05) is 23.8 Å². The molecule has 1 unspecified atom stereocenters. The third-order valence-electron chi connectivity index (χ3n) is 2.96. The van der Waals surface area contributed by atoms with Crippen LogP contribution in [0.15, 0.2) is 30.7 Å². The normalized spacial score (nSPS) is 22.0. The van der Waals surface area contributed by atoms with E-state index in [1.165, 1.54) is 30.6 Å². The van der Waals surface area contributed by atoms with Crippen molar-refractivity contribution in [1.29, 1.82) is 0 Å². The standard InChI is InChI=1S/C12H14N2S/c1-2-8-15-11(3-1)10-4-5-12-13-6-7-14(12)9-10/h4-7,9,11H,1-3,8H2. The van der Waals surface area contributed by atoms with Gasteiger partial charge in [0.25, 0.3) is 0 Å². The second-order valence-corrected chi connectivity index (χ2v) is 5.32. The Bertz CT molecular complexity index is 457. The molecule has 15 heavy (non-hydrogen) atoms. The van der Waals surface area contributed by atoms with Crippen molar-refractivity contribution in [2.24, 2.45) is 0 Å². The highest BCUT2D eigenvalue weighted by atomic mass is 32.2. The Kier molecular flexibility index (Phi) is 2.41. The van der Waals surface area contributed by atoms with Gasteiger partial charge in [-0.15, -0.1) is 0 Å². The number of pyridine rings is 1. The maximum atomic E-state index is 4.26. The fourth-order valence-corrected chi connectivity index (χ4v) is 3.45. The van der Waals surface area contributed by atoms with Gasteiger partial charge in [-0.05, 0) is 30.2 Å². The average Bonchev–Trinajstić information content (AvgIpc) is 2.77. The monoisotopic (exact) mass is 218 g/mol. The number of hydrogen-bond donors (Lipinski definition) is 0. The fraction of sp³-hybridized carbons (Fsp3) is 0.417. The second-order valence-electron chi connectivity index (χ2n) is 4.01. The third-order valence-corrected chi connectivity index (χ3v) is 4.40. The van der Waals surface area contributed by atoms with Gasteiger partial charge >= 0.3 is 0 Å². The Labute approximate surface area is 93.7 Å². The molecular weight excluding hydrogens is 204 g/mol. The van der Waals surface area contributed by atoms with E-state index in [9.17, 15) is 0 Å². The molecule has 0 aromatic carbocycles. The van der Waals surface area contributed by atoms with Crippen molar-refractivity contribution >= 4 is 17.4 Å². The van der Waals surface area contributed by atoms with Crippen molar-refractivity contribution in [3.8, 4) is 0 Å². The van der Waals surface area contributed by atoms with Crippen LogP contribution in [0.5, 0.6) is 0 Å². The maximum absolute atomic E-state index is 4.26. The van der Waals surface area contributed by atoms with E-state index in [0.29, 0.717) is 5.25 Å².